The minimum absolute atomic E-state index is 0.220. The van der Waals surface area contributed by atoms with Crippen LogP contribution in [0.2, 0.25) is 0 Å². The van der Waals surface area contributed by atoms with E-state index in [0.717, 1.165) is 23.1 Å². The molecule has 3 aromatic rings. The molecule has 0 unspecified atom stereocenters. The normalized spacial score (nSPS) is 11.1. The first kappa shape index (κ1) is 13.7. The number of pyridine rings is 1. The minimum Gasteiger partial charge on any atom is -0.508 e. The molecule has 108 valence electrons. The van der Waals surface area contributed by atoms with Crippen molar-refractivity contribution in [2.45, 2.75) is 32.6 Å². The summed E-state index contributed by atoms with van der Waals surface area (Å²) < 4.78 is 5.88. The van der Waals surface area contributed by atoms with E-state index in [9.17, 15) is 5.11 Å². The maximum absolute atomic E-state index is 9.54. The molecule has 0 fully saturated rings. The predicted octanol–water partition coefficient (Wildman–Crippen LogP) is 4.93. The Morgan fingerprint density at radius 2 is 2.05 bits per heavy atom. The van der Waals surface area contributed by atoms with Crippen molar-refractivity contribution < 1.29 is 9.52 Å². The summed E-state index contributed by atoms with van der Waals surface area (Å²) in [6, 6.07) is 9.26. The maximum Gasteiger partial charge on any atom is 0.138 e. The van der Waals surface area contributed by atoms with Gasteiger partial charge in [0.15, 0.2) is 0 Å². The summed E-state index contributed by atoms with van der Waals surface area (Å²) in [6.07, 6.45) is 8.35. The lowest BCUT2D eigenvalue weighted by molar-refractivity contribution is 0.474. The Kier molecular flexibility index (Phi) is 3.91. The number of rotatable bonds is 5. The summed E-state index contributed by atoms with van der Waals surface area (Å²) in [6.45, 7) is 2.21. The van der Waals surface area contributed by atoms with Crippen LogP contribution in [0.25, 0.3) is 22.3 Å². The summed E-state index contributed by atoms with van der Waals surface area (Å²) >= 11 is 0. The fraction of sp³-hybridized carbons (Fsp3) is 0.278. The zero-order valence-electron chi connectivity index (χ0n) is 12.2. The van der Waals surface area contributed by atoms with Crippen LogP contribution in [-0.2, 0) is 6.42 Å². The van der Waals surface area contributed by atoms with Gasteiger partial charge in [-0.05, 0) is 42.7 Å². The molecule has 0 aliphatic heterocycles. The molecule has 0 radical (unpaired) electrons. The van der Waals surface area contributed by atoms with E-state index >= 15 is 0 Å². The van der Waals surface area contributed by atoms with Crippen LogP contribution in [0.3, 0.4) is 0 Å². The number of furan rings is 1. The SMILES string of the molecule is CCCCCc1ccncc1-c1cc2ccc(O)cc2o1. The minimum atomic E-state index is 0.220. The topological polar surface area (TPSA) is 46.3 Å². The molecule has 0 amide bonds. The number of phenolic OH excluding ortho intramolecular Hbond substituents is 1. The molecule has 0 saturated carbocycles. The quantitative estimate of drug-likeness (QED) is 0.674. The Hall–Kier alpha value is -2.29. The van der Waals surface area contributed by atoms with Gasteiger partial charge in [0.1, 0.15) is 17.1 Å². The van der Waals surface area contributed by atoms with Crippen LogP contribution in [0.5, 0.6) is 5.75 Å². The van der Waals surface area contributed by atoms with Gasteiger partial charge in [-0.25, -0.2) is 0 Å². The fourth-order valence-corrected chi connectivity index (χ4v) is 2.58. The van der Waals surface area contributed by atoms with E-state index in [2.05, 4.69) is 18.0 Å². The molecule has 3 nitrogen and oxygen atoms in total. The number of unbranched alkanes of at least 4 members (excludes halogenated alkanes) is 2. The van der Waals surface area contributed by atoms with Crippen LogP contribution in [0, 0.1) is 0 Å². The van der Waals surface area contributed by atoms with E-state index < -0.39 is 0 Å². The van der Waals surface area contributed by atoms with Crippen LogP contribution in [-0.4, -0.2) is 10.1 Å². The van der Waals surface area contributed by atoms with Crippen LogP contribution in [0.4, 0.5) is 0 Å². The van der Waals surface area contributed by atoms with E-state index in [4.69, 9.17) is 4.42 Å². The zero-order valence-corrected chi connectivity index (χ0v) is 12.2. The molecular weight excluding hydrogens is 262 g/mol. The van der Waals surface area contributed by atoms with Gasteiger partial charge < -0.3 is 9.52 Å². The number of aryl methyl sites for hydroxylation is 1. The third-order valence-corrected chi connectivity index (χ3v) is 3.73. The van der Waals surface area contributed by atoms with Crippen molar-refractivity contribution in [1.29, 1.82) is 0 Å². The Bertz CT molecular complexity index is 746. The highest BCUT2D eigenvalue weighted by atomic mass is 16.3. The highest BCUT2D eigenvalue weighted by Gasteiger charge is 2.11. The van der Waals surface area contributed by atoms with Crippen LogP contribution >= 0.6 is 0 Å². The average molecular weight is 281 g/mol. The molecule has 1 aromatic carbocycles. The molecular formula is C18H19NO2. The molecule has 2 aromatic heterocycles. The van der Waals surface area contributed by atoms with Gasteiger partial charge in [0, 0.05) is 29.4 Å². The number of nitrogens with zero attached hydrogens (tertiary/aromatic N) is 1. The van der Waals surface area contributed by atoms with Crippen LogP contribution < -0.4 is 0 Å². The van der Waals surface area contributed by atoms with Crippen molar-refractivity contribution in [2.75, 3.05) is 0 Å². The van der Waals surface area contributed by atoms with Gasteiger partial charge in [-0.2, -0.15) is 0 Å². The number of aromatic hydroxyl groups is 1. The highest BCUT2D eigenvalue weighted by Crippen LogP contribution is 2.31. The van der Waals surface area contributed by atoms with Crippen molar-refractivity contribution in [1.82, 2.24) is 4.98 Å². The first-order valence-electron chi connectivity index (χ1n) is 7.43. The van der Waals surface area contributed by atoms with E-state index in [1.54, 1.807) is 12.1 Å². The summed E-state index contributed by atoms with van der Waals surface area (Å²) in [5.74, 6) is 1.04. The summed E-state index contributed by atoms with van der Waals surface area (Å²) in [4.78, 5) is 4.23. The fourth-order valence-electron chi connectivity index (χ4n) is 2.58. The summed E-state index contributed by atoms with van der Waals surface area (Å²) in [5.41, 5.74) is 3.01. The predicted molar refractivity (Wildman–Crippen MR) is 84.3 cm³/mol. The first-order chi connectivity index (χ1) is 10.3. The zero-order chi connectivity index (χ0) is 14.7. The number of aromatic nitrogens is 1. The van der Waals surface area contributed by atoms with Crippen LogP contribution in [0.15, 0.2) is 47.1 Å². The third-order valence-electron chi connectivity index (χ3n) is 3.73. The molecule has 0 aliphatic rings. The van der Waals surface area contributed by atoms with Crippen LogP contribution in [0.1, 0.15) is 31.7 Å². The third kappa shape index (κ3) is 2.92. The Morgan fingerprint density at radius 3 is 2.90 bits per heavy atom. The Labute approximate surface area is 124 Å². The lowest BCUT2D eigenvalue weighted by Gasteiger charge is -2.06. The number of fused-ring (bicyclic) bond motifs is 1. The van der Waals surface area contributed by atoms with E-state index in [1.807, 2.05) is 24.5 Å². The molecule has 0 spiro atoms. The smallest absolute Gasteiger partial charge is 0.138 e. The molecule has 1 N–H and O–H groups in total. The van der Waals surface area contributed by atoms with Crippen molar-refractivity contribution >= 4 is 11.0 Å². The summed E-state index contributed by atoms with van der Waals surface area (Å²) in [5, 5.41) is 10.5. The number of phenols is 1. The maximum atomic E-state index is 9.54. The molecule has 3 rings (SSSR count). The van der Waals surface area contributed by atoms with Gasteiger partial charge in [-0.3, -0.25) is 4.98 Å². The molecule has 3 heteroatoms. The molecule has 0 atom stereocenters. The Morgan fingerprint density at radius 1 is 1.14 bits per heavy atom. The first-order valence-corrected chi connectivity index (χ1v) is 7.43. The van der Waals surface area contributed by atoms with Crippen molar-refractivity contribution in [3.05, 3.63) is 48.3 Å². The largest absolute Gasteiger partial charge is 0.508 e. The second kappa shape index (κ2) is 6.00. The number of hydrogen-bond acceptors (Lipinski definition) is 3. The lowest BCUT2D eigenvalue weighted by Crippen LogP contribution is -1.90. The standard InChI is InChI=1S/C18H19NO2/c1-2-3-4-5-13-8-9-19-12-16(13)18-10-14-6-7-15(20)11-17(14)21-18/h6-12,20H,2-5H2,1H3. The van der Waals surface area contributed by atoms with E-state index in [-0.39, 0.29) is 5.75 Å². The second-order valence-electron chi connectivity index (χ2n) is 5.32. The molecule has 0 saturated heterocycles. The Balaban J connectivity index is 1.97. The van der Waals surface area contributed by atoms with Gasteiger partial charge in [-0.1, -0.05) is 19.8 Å². The lowest BCUT2D eigenvalue weighted by atomic mass is 10.0. The van der Waals surface area contributed by atoms with E-state index in [0.29, 0.717) is 5.58 Å². The van der Waals surface area contributed by atoms with Crippen molar-refractivity contribution in [3.63, 3.8) is 0 Å². The van der Waals surface area contributed by atoms with Gasteiger partial charge in [-0.15, -0.1) is 0 Å². The van der Waals surface area contributed by atoms with Crippen molar-refractivity contribution in [2.24, 2.45) is 0 Å². The summed E-state index contributed by atoms with van der Waals surface area (Å²) in [7, 11) is 0. The van der Waals surface area contributed by atoms with Gasteiger partial charge >= 0.3 is 0 Å². The number of benzene rings is 1. The second-order valence-corrected chi connectivity index (χ2v) is 5.32. The molecule has 21 heavy (non-hydrogen) atoms. The highest BCUT2D eigenvalue weighted by molar-refractivity contribution is 5.84. The monoisotopic (exact) mass is 281 g/mol. The van der Waals surface area contributed by atoms with E-state index in [1.165, 1.54) is 24.8 Å². The average Bonchev–Trinajstić information content (AvgIpc) is 2.91. The van der Waals surface area contributed by atoms with Gasteiger partial charge in [0.2, 0.25) is 0 Å². The molecule has 0 bridgehead atoms. The van der Waals surface area contributed by atoms with Crippen molar-refractivity contribution in [3.8, 4) is 17.1 Å². The molecule has 0 aliphatic carbocycles. The molecule has 2 heterocycles. The van der Waals surface area contributed by atoms with Gasteiger partial charge in [0.25, 0.3) is 0 Å². The number of hydrogen-bond donors (Lipinski definition) is 1. The van der Waals surface area contributed by atoms with Gasteiger partial charge in [0.05, 0.1) is 0 Å².